The topological polar surface area (TPSA) is 166 Å². The van der Waals surface area contributed by atoms with E-state index >= 15 is 0 Å². The lowest BCUT2D eigenvalue weighted by Crippen LogP contribution is -2.70. The summed E-state index contributed by atoms with van der Waals surface area (Å²) in [6, 6.07) is 6.05. The van der Waals surface area contributed by atoms with Crippen molar-refractivity contribution in [2.24, 2.45) is 0 Å². The van der Waals surface area contributed by atoms with Crippen molar-refractivity contribution in [3.05, 3.63) is 35.5 Å². The number of fused-ring (bicyclic) bond motifs is 1. The van der Waals surface area contributed by atoms with Crippen molar-refractivity contribution >= 4 is 76.2 Å². The SMILES string of the molecule is O=C(O)CCCC(=O)N[C@H]1C(=O)N2C(C(=O)O)=C(COC(=O)Nc3ccc(N(CCCl)CCCl)cc3)CS[C@H]12. The number of β-lactam (4-membered cyclic amide) rings is 1. The van der Waals surface area contributed by atoms with Crippen LogP contribution in [-0.4, -0.2) is 93.6 Å². The van der Waals surface area contributed by atoms with Gasteiger partial charge >= 0.3 is 18.0 Å². The second-order valence-corrected chi connectivity index (χ2v) is 10.4. The molecule has 1 aromatic carbocycles. The molecule has 0 aromatic heterocycles. The molecule has 1 aromatic rings. The number of amides is 3. The molecule has 212 valence electrons. The Hall–Kier alpha value is -3.16. The maximum Gasteiger partial charge on any atom is 0.411 e. The second-order valence-electron chi connectivity index (χ2n) is 8.57. The number of nitrogens with one attached hydrogen (secondary N) is 2. The monoisotopic (exact) mass is 602 g/mol. The van der Waals surface area contributed by atoms with Crippen LogP contribution in [0.1, 0.15) is 19.3 Å². The molecule has 15 heteroatoms. The van der Waals surface area contributed by atoms with Gasteiger partial charge in [-0.15, -0.1) is 35.0 Å². The van der Waals surface area contributed by atoms with Gasteiger partial charge in [0.1, 0.15) is 23.7 Å². The molecule has 39 heavy (non-hydrogen) atoms. The first-order valence-corrected chi connectivity index (χ1v) is 14.1. The van der Waals surface area contributed by atoms with Crippen molar-refractivity contribution in [3.8, 4) is 0 Å². The number of carbonyl (C=O) groups excluding carboxylic acids is 3. The predicted octanol–water partition coefficient (Wildman–Crippen LogP) is 2.51. The molecule has 2 aliphatic heterocycles. The fourth-order valence-electron chi connectivity index (χ4n) is 4.08. The third kappa shape index (κ3) is 7.93. The van der Waals surface area contributed by atoms with E-state index in [1.807, 2.05) is 4.90 Å². The first kappa shape index (κ1) is 30.4. The molecule has 3 rings (SSSR count). The van der Waals surface area contributed by atoms with Crippen LogP contribution in [0.5, 0.6) is 0 Å². The molecule has 1 saturated heterocycles. The quantitative estimate of drug-likeness (QED) is 0.183. The maximum atomic E-state index is 12.7. The van der Waals surface area contributed by atoms with Crippen LogP contribution in [0.2, 0.25) is 0 Å². The number of rotatable bonds is 14. The van der Waals surface area contributed by atoms with Crippen LogP contribution < -0.4 is 15.5 Å². The van der Waals surface area contributed by atoms with Crippen LogP contribution in [0.25, 0.3) is 0 Å². The number of anilines is 2. The summed E-state index contributed by atoms with van der Waals surface area (Å²) in [5.74, 6) is -2.43. The average Bonchev–Trinajstić information content (AvgIpc) is 2.90. The Labute approximate surface area is 238 Å². The molecular formula is C24H28Cl2N4O8S. The van der Waals surface area contributed by atoms with Gasteiger partial charge in [0, 0.05) is 60.4 Å². The van der Waals surface area contributed by atoms with Gasteiger partial charge < -0.3 is 25.2 Å². The van der Waals surface area contributed by atoms with Crippen molar-refractivity contribution in [2.45, 2.75) is 30.7 Å². The van der Waals surface area contributed by atoms with Gasteiger partial charge in [0.15, 0.2) is 0 Å². The van der Waals surface area contributed by atoms with Crippen LogP contribution in [0.3, 0.4) is 0 Å². The number of aliphatic carboxylic acids is 2. The van der Waals surface area contributed by atoms with E-state index < -0.39 is 41.3 Å². The zero-order valence-corrected chi connectivity index (χ0v) is 23.1. The lowest BCUT2D eigenvalue weighted by atomic mass is 10.0. The van der Waals surface area contributed by atoms with Crippen LogP contribution in [0.15, 0.2) is 35.5 Å². The summed E-state index contributed by atoms with van der Waals surface area (Å²) in [4.78, 5) is 62.8. The van der Waals surface area contributed by atoms with Crippen molar-refractivity contribution < 1.29 is 38.9 Å². The number of thioether (sulfide) groups is 1. The molecular weight excluding hydrogens is 575 g/mol. The third-order valence-electron chi connectivity index (χ3n) is 5.93. The van der Waals surface area contributed by atoms with Gasteiger partial charge in [-0.1, -0.05) is 0 Å². The van der Waals surface area contributed by atoms with E-state index in [9.17, 15) is 29.1 Å². The predicted molar refractivity (Wildman–Crippen MR) is 146 cm³/mol. The largest absolute Gasteiger partial charge is 0.481 e. The summed E-state index contributed by atoms with van der Waals surface area (Å²) in [5, 5.41) is 22.9. The van der Waals surface area contributed by atoms with Gasteiger partial charge in [-0.05, 0) is 30.7 Å². The third-order valence-corrected chi connectivity index (χ3v) is 7.60. The summed E-state index contributed by atoms with van der Waals surface area (Å²) < 4.78 is 5.23. The van der Waals surface area contributed by atoms with Crippen LogP contribution >= 0.6 is 35.0 Å². The summed E-state index contributed by atoms with van der Waals surface area (Å²) in [5.41, 5.74) is 1.31. The molecule has 1 fully saturated rings. The Balaban J connectivity index is 1.56. The number of nitrogens with zero attached hydrogens (tertiary/aromatic N) is 2. The second kappa shape index (κ2) is 14.3. The normalized spacial score (nSPS) is 18.1. The lowest BCUT2D eigenvalue weighted by molar-refractivity contribution is -0.150. The number of carbonyl (C=O) groups is 5. The van der Waals surface area contributed by atoms with Crippen molar-refractivity contribution in [1.82, 2.24) is 10.2 Å². The Morgan fingerprint density at radius 2 is 1.74 bits per heavy atom. The molecule has 0 saturated carbocycles. The zero-order chi connectivity index (χ0) is 28.5. The van der Waals surface area contributed by atoms with Crippen molar-refractivity contribution in [2.75, 3.05) is 47.4 Å². The van der Waals surface area contributed by atoms with Crippen molar-refractivity contribution in [1.29, 1.82) is 0 Å². The van der Waals surface area contributed by atoms with Crippen molar-refractivity contribution in [3.63, 3.8) is 0 Å². The first-order valence-electron chi connectivity index (χ1n) is 12.0. The van der Waals surface area contributed by atoms with E-state index in [2.05, 4.69) is 10.6 Å². The van der Waals surface area contributed by atoms with Gasteiger partial charge in [0.05, 0.1) is 0 Å². The number of halogens is 2. The molecule has 4 N–H and O–H groups in total. The zero-order valence-electron chi connectivity index (χ0n) is 20.7. The van der Waals surface area contributed by atoms with Gasteiger partial charge in [-0.2, -0.15) is 0 Å². The molecule has 2 heterocycles. The highest BCUT2D eigenvalue weighted by molar-refractivity contribution is 8.00. The highest BCUT2D eigenvalue weighted by Crippen LogP contribution is 2.40. The lowest BCUT2D eigenvalue weighted by Gasteiger charge is -2.49. The molecule has 0 aliphatic carbocycles. The molecule has 0 spiro atoms. The molecule has 0 bridgehead atoms. The molecule has 0 radical (unpaired) electrons. The Bertz CT molecular complexity index is 1130. The van der Waals surface area contributed by atoms with E-state index in [1.54, 1.807) is 24.3 Å². The summed E-state index contributed by atoms with van der Waals surface area (Å²) in [7, 11) is 0. The molecule has 2 atom stereocenters. The van der Waals surface area contributed by atoms with E-state index in [0.29, 0.717) is 30.5 Å². The molecule has 2 aliphatic rings. The number of alkyl halides is 2. The van der Waals surface area contributed by atoms with E-state index in [-0.39, 0.29) is 42.9 Å². The minimum Gasteiger partial charge on any atom is -0.481 e. The van der Waals surface area contributed by atoms with Crippen LogP contribution in [0.4, 0.5) is 16.2 Å². The Morgan fingerprint density at radius 1 is 1.08 bits per heavy atom. The van der Waals surface area contributed by atoms with Crippen LogP contribution in [0, 0.1) is 0 Å². The van der Waals surface area contributed by atoms with Gasteiger partial charge in [-0.25, -0.2) is 9.59 Å². The standard InChI is InChI=1S/C24H28Cl2N4O8S/c25-8-10-29(11-9-26)16-6-4-15(5-7-16)27-24(37)38-12-14-13-39-22-19(21(34)30(22)20(14)23(35)36)28-17(31)2-1-3-18(32)33/h4-7,19,22H,1-3,8-13H2,(H,27,37)(H,28,31)(H,32,33)(H,35,36)/t19-,22+/m0/s1. The first-order chi connectivity index (χ1) is 18.7. The highest BCUT2D eigenvalue weighted by Gasteiger charge is 2.54. The van der Waals surface area contributed by atoms with E-state index in [0.717, 1.165) is 10.6 Å². The minimum atomic E-state index is -1.35. The number of benzene rings is 1. The fourth-order valence-corrected chi connectivity index (χ4v) is 5.81. The van der Waals surface area contributed by atoms with Gasteiger partial charge in [0.25, 0.3) is 5.91 Å². The molecule has 0 unspecified atom stereocenters. The van der Waals surface area contributed by atoms with Crippen LogP contribution in [-0.2, 0) is 23.9 Å². The van der Waals surface area contributed by atoms with Gasteiger partial charge in [-0.3, -0.25) is 24.6 Å². The number of carboxylic acids is 2. The fraction of sp³-hybridized carbons (Fsp3) is 0.458. The number of carboxylic acid groups (broad SMARTS) is 2. The summed E-state index contributed by atoms with van der Waals surface area (Å²) >= 11 is 12.9. The minimum absolute atomic E-state index is 0.0644. The summed E-state index contributed by atoms with van der Waals surface area (Å²) in [6.07, 6.45) is -0.915. The molecule has 3 amide bonds. The van der Waals surface area contributed by atoms with Gasteiger partial charge in [0.2, 0.25) is 5.91 Å². The van der Waals surface area contributed by atoms with E-state index in [1.165, 1.54) is 11.8 Å². The average molecular weight is 603 g/mol. The number of hydrogen-bond acceptors (Lipinski definition) is 8. The summed E-state index contributed by atoms with van der Waals surface area (Å²) in [6.45, 7) is 0.880. The Morgan fingerprint density at radius 3 is 2.33 bits per heavy atom. The smallest absolute Gasteiger partial charge is 0.411 e. The number of ether oxygens (including phenoxy) is 1. The highest BCUT2D eigenvalue weighted by atomic mass is 35.5. The van der Waals surface area contributed by atoms with E-state index in [4.69, 9.17) is 33.0 Å². The molecule has 12 nitrogen and oxygen atoms in total. The maximum absolute atomic E-state index is 12.7. The Kier molecular flexibility index (Phi) is 11.1. The number of hydrogen-bond donors (Lipinski definition) is 4.